The number of carbonyl (C=O) groups is 2. The lowest BCUT2D eigenvalue weighted by atomic mass is 10.1. The molecule has 0 aliphatic carbocycles. The first-order valence-corrected chi connectivity index (χ1v) is 7.63. The molecule has 2 aliphatic heterocycles. The number of aliphatic carboxylic acids is 1. The molecular weight excluding hydrogens is 274 g/mol. The Labute approximate surface area is 125 Å². The summed E-state index contributed by atoms with van der Waals surface area (Å²) in [5.41, 5.74) is 0. The van der Waals surface area contributed by atoms with Crippen molar-refractivity contribution in [2.45, 2.75) is 37.8 Å². The number of carboxylic acid groups (broad SMARTS) is 1. The lowest BCUT2D eigenvalue weighted by Gasteiger charge is -2.32. The van der Waals surface area contributed by atoms with E-state index in [0.717, 1.165) is 19.5 Å². The number of methoxy groups -OCH3 is 1. The molecule has 0 aromatic heterocycles. The number of nitrogens with one attached hydrogen (secondary N) is 1. The largest absolute Gasteiger partial charge is 0.480 e. The Bertz CT molecular complexity index is 371. The second-order valence-electron chi connectivity index (χ2n) is 5.78. The van der Waals surface area contributed by atoms with E-state index in [2.05, 4.69) is 10.2 Å². The van der Waals surface area contributed by atoms with Gasteiger partial charge < -0.3 is 20.1 Å². The van der Waals surface area contributed by atoms with E-state index >= 15 is 0 Å². The summed E-state index contributed by atoms with van der Waals surface area (Å²) >= 11 is 0. The summed E-state index contributed by atoms with van der Waals surface area (Å²) in [6, 6.07) is -0.878. The normalized spacial score (nSPS) is 24.8. The van der Waals surface area contributed by atoms with Crippen LogP contribution in [0.15, 0.2) is 0 Å². The van der Waals surface area contributed by atoms with Crippen molar-refractivity contribution in [2.24, 2.45) is 0 Å². The van der Waals surface area contributed by atoms with Crippen LogP contribution in [0.4, 0.5) is 4.79 Å². The van der Waals surface area contributed by atoms with Crippen LogP contribution in [-0.4, -0.2) is 78.9 Å². The number of rotatable bonds is 5. The van der Waals surface area contributed by atoms with Gasteiger partial charge in [0.15, 0.2) is 6.04 Å². The highest BCUT2D eigenvalue weighted by atomic mass is 16.5. The number of urea groups is 1. The van der Waals surface area contributed by atoms with E-state index in [4.69, 9.17) is 9.84 Å². The molecule has 0 radical (unpaired) electrons. The van der Waals surface area contributed by atoms with Crippen LogP contribution >= 0.6 is 0 Å². The molecule has 7 nitrogen and oxygen atoms in total. The number of nitrogens with zero attached hydrogens (tertiary/aromatic N) is 2. The predicted octanol–water partition coefficient (Wildman–Crippen LogP) is 0.356. The van der Waals surface area contributed by atoms with Gasteiger partial charge in [0.25, 0.3) is 0 Å². The fourth-order valence-electron chi connectivity index (χ4n) is 3.09. The third kappa shape index (κ3) is 4.31. The molecule has 120 valence electrons. The summed E-state index contributed by atoms with van der Waals surface area (Å²) in [5, 5.41) is 11.6. The average Bonchev–Trinajstić information content (AvgIpc) is 2.97. The van der Waals surface area contributed by atoms with Crippen molar-refractivity contribution in [2.75, 3.05) is 39.9 Å². The maximum Gasteiger partial charge on any atom is 0.328 e. The van der Waals surface area contributed by atoms with Gasteiger partial charge >= 0.3 is 12.0 Å². The van der Waals surface area contributed by atoms with E-state index < -0.39 is 12.0 Å². The Morgan fingerprint density at radius 1 is 1.29 bits per heavy atom. The predicted molar refractivity (Wildman–Crippen MR) is 77.2 cm³/mol. The highest BCUT2D eigenvalue weighted by molar-refractivity contribution is 5.82. The van der Waals surface area contributed by atoms with Gasteiger partial charge in [0, 0.05) is 26.2 Å². The number of carbonyl (C=O) groups excluding carboxylic acids is 1. The van der Waals surface area contributed by atoms with Crippen LogP contribution < -0.4 is 5.32 Å². The van der Waals surface area contributed by atoms with Crippen LogP contribution in [-0.2, 0) is 9.53 Å². The Hall–Kier alpha value is -1.34. The number of carboxylic acids is 1. The first-order chi connectivity index (χ1) is 10.1. The van der Waals surface area contributed by atoms with Crippen LogP contribution in [0, 0.1) is 0 Å². The smallest absolute Gasteiger partial charge is 0.328 e. The van der Waals surface area contributed by atoms with Crippen molar-refractivity contribution < 1.29 is 19.4 Å². The highest BCUT2D eigenvalue weighted by Gasteiger charge is 2.32. The van der Waals surface area contributed by atoms with Crippen molar-refractivity contribution in [3.8, 4) is 0 Å². The topological polar surface area (TPSA) is 82.1 Å². The minimum absolute atomic E-state index is 0.0233. The van der Waals surface area contributed by atoms with Crippen molar-refractivity contribution in [3.63, 3.8) is 0 Å². The molecule has 2 N–H and O–H groups in total. The van der Waals surface area contributed by atoms with Crippen LogP contribution in [0.3, 0.4) is 0 Å². The fourth-order valence-corrected chi connectivity index (χ4v) is 3.09. The lowest BCUT2D eigenvalue weighted by molar-refractivity contribution is -0.140. The van der Waals surface area contributed by atoms with Gasteiger partial charge in [0.1, 0.15) is 0 Å². The molecule has 2 fully saturated rings. The molecule has 0 bridgehead atoms. The molecule has 0 spiro atoms. The summed E-state index contributed by atoms with van der Waals surface area (Å²) in [6.45, 7) is 3.57. The van der Waals surface area contributed by atoms with Gasteiger partial charge in [-0.1, -0.05) is 6.42 Å². The van der Waals surface area contributed by atoms with Crippen LogP contribution in [0.25, 0.3) is 0 Å². The lowest BCUT2D eigenvalue weighted by Crippen LogP contribution is -2.50. The molecule has 0 saturated carbocycles. The van der Waals surface area contributed by atoms with E-state index in [0.29, 0.717) is 19.1 Å². The Balaban J connectivity index is 1.82. The van der Waals surface area contributed by atoms with E-state index in [1.807, 2.05) is 0 Å². The summed E-state index contributed by atoms with van der Waals surface area (Å²) in [7, 11) is 1.42. The van der Waals surface area contributed by atoms with Crippen LogP contribution in [0.2, 0.25) is 0 Å². The Kier molecular flexibility index (Phi) is 5.81. The van der Waals surface area contributed by atoms with E-state index in [9.17, 15) is 9.59 Å². The Morgan fingerprint density at radius 2 is 2.00 bits per heavy atom. The average molecular weight is 299 g/mol. The van der Waals surface area contributed by atoms with Gasteiger partial charge in [-0.25, -0.2) is 9.59 Å². The molecule has 2 heterocycles. The van der Waals surface area contributed by atoms with Gasteiger partial charge in [-0.3, -0.25) is 4.90 Å². The zero-order valence-corrected chi connectivity index (χ0v) is 12.6. The molecule has 0 aromatic rings. The molecular formula is C14H25N3O4. The number of amides is 2. The molecule has 2 rings (SSSR count). The number of hydrogen-bond acceptors (Lipinski definition) is 4. The first kappa shape index (κ1) is 16.0. The van der Waals surface area contributed by atoms with Gasteiger partial charge in [0.2, 0.25) is 0 Å². The van der Waals surface area contributed by atoms with Crippen LogP contribution in [0.1, 0.15) is 25.7 Å². The summed E-state index contributed by atoms with van der Waals surface area (Å²) < 4.78 is 4.82. The fraction of sp³-hybridized carbons (Fsp3) is 0.857. The van der Waals surface area contributed by atoms with Gasteiger partial charge in [-0.2, -0.15) is 0 Å². The number of likely N-dealkylation sites (tertiary alicyclic amines) is 2. The van der Waals surface area contributed by atoms with Gasteiger partial charge in [-0.05, 0) is 32.4 Å². The summed E-state index contributed by atoms with van der Waals surface area (Å²) in [5.74, 6) is -1.07. The molecule has 7 heteroatoms. The van der Waals surface area contributed by atoms with Crippen LogP contribution in [0.5, 0.6) is 0 Å². The molecule has 2 atom stereocenters. The van der Waals surface area contributed by atoms with Crippen molar-refractivity contribution >= 4 is 12.0 Å². The zero-order chi connectivity index (χ0) is 15.2. The number of ether oxygens (including phenoxy) is 1. The van der Waals surface area contributed by atoms with Crippen molar-refractivity contribution in [1.29, 1.82) is 0 Å². The zero-order valence-electron chi connectivity index (χ0n) is 12.6. The highest BCUT2D eigenvalue weighted by Crippen LogP contribution is 2.20. The molecule has 21 heavy (non-hydrogen) atoms. The first-order valence-electron chi connectivity index (χ1n) is 7.63. The minimum Gasteiger partial charge on any atom is -0.480 e. The minimum atomic E-state index is -1.07. The Morgan fingerprint density at radius 3 is 2.62 bits per heavy atom. The molecule has 2 aliphatic rings. The SMILES string of the molecule is COCC(NC(=O)N1CCC(N2CCCCC2)C1)C(=O)O. The second-order valence-corrected chi connectivity index (χ2v) is 5.78. The van der Waals surface area contributed by atoms with Crippen molar-refractivity contribution in [1.82, 2.24) is 15.1 Å². The third-order valence-electron chi connectivity index (χ3n) is 4.29. The van der Waals surface area contributed by atoms with E-state index in [1.165, 1.54) is 26.4 Å². The quantitative estimate of drug-likeness (QED) is 0.766. The van der Waals surface area contributed by atoms with Gasteiger partial charge in [-0.15, -0.1) is 0 Å². The maximum atomic E-state index is 12.1. The number of piperidine rings is 1. The monoisotopic (exact) mass is 299 g/mol. The molecule has 2 amide bonds. The molecule has 2 unspecified atom stereocenters. The summed E-state index contributed by atoms with van der Waals surface area (Å²) in [6.07, 6.45) is 4.73. The van der Waals surface area contributed by atoms with E-state index in [1.54, 1.807) is 4.90 Å². The van der Waals surface area contributed by atoms with E-state index in [-0.39, 0.29) is 12.6 Å². The van der Waals surface area contributed by atoms with Gasteiger partial charge in [0.05, 0.1) is 6.61 Å². The maximum absolute atomic E-state index is 12.1. The molecule has 2 saturated heterocycles. The molecule has 0 aromatic carbocycles. The summed E-state index contributed by atoms with van der Waals surface area (Å²) in [4.78, 5) is 27.3. The third-order valence-corrected chi connectivity index (χ3v) is 4.29. The standard InChI is InChI=1S/C14H25N3O4/c1-21-10-12(13(18)19)15-14(20)17-8-5-11(9-17)16-6-3-2-4-7-16/h11-12H,2-10H2,1H3,(H,15,20)(H,18,19). The number of hydrogen-bond donors (Lipinski definition) is 2. The second kappa shape index (κ2) is 7.61. The van der Waals surface area contributed by atoms with Crippen molar-refractivity contribution in [3.05, 3.63) is 0 Å².